The molecule has 0 fully saturated rings. The molecule has 0 aliphatic carbocycles. The molecule has 0 saturated carbocycles. The van der Waals surface area contributed by atoms with Crippen molar-refractivity contribution in [1.82, 2.24) is 4.90 Å². The zero-order valence-corrected chi connectivity index (χ0v) is 11.0. The first-order valence-electron chi connectivity index (χ1n) is 5.54. The topological polar surface area (TPSA) is 49.7 Å². The Labute approximate surface area is 112 Å². The first-order valence-corrected chi connectivity index (χ1v) is 7.36. The van der Waals surface area contributed by atoms with Gasteiger partial charge in [0.25, 0.3) is 0 Å². The molecule has 0 saturated heterocycles. The van der Waals surface area contributed by atoms with Crippen LogP contribution in [0.3, 0.4) is 0 Å². The van der Waals surface area contributed by atoms with Crippen LogP contribution in [0.2, 0.25) is 0 Å². The predicted molar refractivity (Wildman–Crippen MR) is 73.1 cm³/mol. The average Bonchev–Trinajstić information content (AvgIpc) is 2.98. The molecule has 1 atom stereocenters. The van der Waals surface area contributed by atoms with E-state index in [0.717, 1.165) is 0 Å². The second kappa shape index (κ2) is 4.70. The van der Waals surface area contributed by atoms with Gasteiger partial charge >= 0.3 is 6.03 Å². The molecule has 3 rings (SSSR count). The average molecular weight is 278 g/mol. The highest BCUT2D eigenvalue weighted by molar-refractivity contribution is 8.04. The number of allylic oxidation sites excluding steroid dienone is 1. The van der Waals surface area contributed by atoms with Gasteiger partial charge in [-0.25, -0.2) is 4.79 Å². The van der Waals surface area contributed by atoms with Crippen molar-refractivity contribution in [3.05, 3.63) is 33.9 Å². The van der Waals surface area contributed by atoms with Crippen molar-refractivity contribution in [3.8, 4) is 0 Å². The summed E-state index contributed by atoms with van der Waals surface area (Å²) >= 11 is 3.04. The minimum Gasteiger partial charge on any atom is -0.273 e. The lowest BCUT2D eigenvalue weighted by Crippen LogP contribution is -2.47. The number of hydrogen-bond acceptors (Lipinski definition) is 4. The molecule has 2 aliphatic heterocycles. The number of thioether (sulfide) groups is 1. The summed E-state index contributed by atoms with van der Waals surface area (Å²) in [5, 5.41) is 3.49. The number of nitrogens with zero attached hydrogens (tertiary/aromatic N) is 2. The van der Waals surface area contributed by atoms with Gasteiger partial charge in [-0.1, -0.05) is 6.07 Å². The third-order valence-corrected chi connectivity index (χ3v) is 4.77. The van der Waals surface area contributed by atoms with Crippen LogP contribution in [0.1, 0.15) is 4.88 Å². The zero-order valence-electron chi connectivity index (χ0n) is 9.41. The van der Waals surface area contributed by atoms with Gasteiger partial charge in [0.1, 0.15) is 5.25 Å². The van der Waals surface area contributed by atoms with E-state index in [1.54, 1.807) is 17.4 Å². The Balaban J connectivity index is 1.73. The third-order valence-electron chi connectivity index (χ3n) is 2.83. The van der Waals surface area contributed by atoms with Gasteiger partial charge in [-0.2, -0.15) is 4.99 Å². The lowest BCUT2D eigenvalue weighted by molar-refractivity contribution is -0.126. The predicted octanol–water partition coefficient (Wildman–Crippen LogP) is 2.32. The van der Waals surface area contributed by atoms with Crippen molar-refractivity contribution in [1.29, 1.82) is 0 Å². The molecule has 6 heteroatoms. The number of carbonyl (C=O) groups excluding carboxylic acids is 2. The number of fused-ring (bicyclic) bond motifs is 1. The fourth-order valence-electron chi connectivity index (χ4n) is 1.91. The van der Waals surface area contributed by atoms with Crippen LogP contribution in [0, 0.1) is 0 Å². The van der Waals surface area contributed by atoms with Gasteiger partial charge in [0.15, 0.2) is 0 Å². The van der Waals surface area contributed by atoms with E-state index in [0.29, 0.717) is 18.7 Å². The molecule has 0 radical (unpaired) electrons. The summed E-state index contributed by atoms with van der Waals surface area (Å²) < 4.78 is 0. The summed E-state index contributed by atoms with van der Waals surface area (Å²) in [5.41, 5.74) is 0.586. The normalized spacial score (nSPS) is 22.3. The van der Waals surface area contributed by atoms with E-state index in [1.165, 1.54) is 21.5 Å². The maximum atomic E-state index is 12.1. The standard InChI is InChI=1S/C12H10N2O2S2/c15-11-10-9(4-7-18-10)13-12(16)14(11)5-3-8-2-1-6-17-8/h1-2,4,6-7,10H,3,5H2. The SMILES string of the molecule is O=C1N=C2C=CSC2C(=O)N1CCc1cccs1. The lowest BCUT2D eigenvalue weighted by Gasteiger charge is -2.25. The van der Waals surface area contributed by atoms with E-state index in [1.807, 2.05) is 22.9 Å². The first-order chi connectivity index (χ1) is 8.75. The van der Waals surface area contributed by atoms with E-state index in [2.05, 4.69) is 4.99 Å². The quantitative estimate of drug-likeness (QED) is 0.852. The van der Waals surface area contributed by atoms with Crippen LogP contribution in [-0.2, 0) is 11.2 Å². The smallest absolute Gasteiger partial charge is 0.273 e. The minimum absolute atomic E-state index is 0.142. The van der Waals surface area contributed by atoms with Crippen LogP contribution in [0.4, 0.5) is 4.79 Å². The Morgan fingerprint density at radius 1 is 1.39 bits per heavy atom. The molecular formula is C12H10N2O2S2. The lowest BCUT2D eigenvalue weighted by atomic mass is 10.2. The molecule has 0 N–H and O–H groups in total. The summed E-state index contributed by atoms with van der Waals surface area (Å²) in [6.45, 7) is 0.409. The van der Waals surface area contributed by atoms with Crippen molar-refractivity contribution in [2.24, 2.45) is 4.99 Å². The maximum absolute atomic E-state index is 12.1. The summed E-state index contributed by atoms with van der Waals surface area (Å²) in [4.78, 5) is 30.3. The summed E-state index contributed by atoms with van der Waals surface area (Å²) in [6.07, 6.45) is 2.44. The van der Waals surface area contributed by atoms with Crippen LogP contribution >= 0.6 is 23.1 Å². The molecule has 4 nitrogen and oxygen atoms in total. The number of rotatable bonds is 3. The molecule has 0 bridgehead atoms. The van der Waals surface area contributed by atoms with Crippen LogP contribution in [0.5, 0.6) is 0 Å². The fourth-order valence-corrected chi connectivity index (χ4v) is 3.50. The second-order valence-electron chi connectivity index (χ2n) is 3.96. The molecule has 2 aliphatic rings. The van der Waals surface area contributed by atoms with Crippen molar-refractivity contribution in [2.75, 3.05) is 6.54 Å². The Morgan fingerprint density at radius 2 is 2.28 bits per heavy atom. The van der Waals surface area contributed by atoms with Gasteiger partial charge in [-0.05, 0) is 29.4 Å². The largest absolute Gasteiger partial charge is 0.350 e. The number of carbonyl (C=O) groups is 2. The maximum Gasteiger partial charge on any atom is 0.350 e. The van der Waals surface area contributed by atoms with Gasteiger partial charge < -0.3 is 0 Å². The first kappa shape index (κ1) is 11.7. The van der Waals surface area contributed by atoms with Gasteiger partial charge in [-0.3, -0.25) is 9.69 Å². The van der Waals surface area contributed by atoms with Crippen molar-refractivity contribution in [2.45, 2.75) is 11.7 Å². The van der Waals surface area contributed by atoms with Gasteiger partial charge in [0.05, 0.1) is 5.71 Å². The molecule has 92 valence electrons. The monoisotopic (exact) mass is 278 g/mol. The summed E-state index contributed by atoms with van der Waals surface area (Å²) in [7, 11) is 0. The van der Waals surface area contributed by atoms with E-state index in [9.17, 15) is 9.59 Å². The van der Waals surface area contributed by atoms with E-state index < -0.39 is 6.03 Å². The third kappa shape index (κ3) is 2.02. The molecular weight excluding hydrogens is 268 g/mol. The van der Waals surface area contributed by atoms with E-state index >= 15 is 0 Å². The van der Waals surface area contributed by atoms with Crippen LogP contribution in [-0.4, -0.2) is 34.3 Å². The number of urea groups is 1. The number of hydrogen-bond donors (Lipinski definition) is 0. The molecule has 0 spiro atoms. The number of amides is 3. The zero-order chi connectivity index (χ0) is 12.5. The minimum atomic E-state index is -0.435. The molecule has 1 unspecified atom stereocenters. The Hall–Kier alpha value is -1.40. The molecule has 1 aromatic rings. The highest BCUT2D eigenvalue weighted by Gasteiger charge is 2.38. The fraction of sp³-hybridized carbons (Fsp3) is 0.250. The Kier molecular flexibility index (Phi) is 3.05. The number of imide groups is 1. The van der Waals surface area contributed by atoms with Crippen LogP contribution in [0.15, 0.2) is 34.0 Å². The van der Waals surface area contributed by atoms with E-state index in [4.69, 9.17) is 0 Å². The molecule has 18 heavy (non-hydrogen) atoms. The molecule has 0 aromatic carbocycles. The highest BCUT2D eigenvalue weighted by atomic mass is 32.2. The summed E-state index contributed by atoms with van der Waals surface area (Å²) in [6, 6.07) is 3.53. The van der Waals surface area contributed by atoms with Crippen molar-refractivity contribution in [3.63, 3.8) is 0 Å². The van der Waals surface area contributed by atoms with Crippen LogP contribution < -0.4 is 0 Å². The number of aliphatic imine (C=N–C) groups is 1. The second-order valence-corrected chi connectivity index (χ2v) is 6.01. The van der Waals surface area contributed by atoms with Gasteiger partial charge in [0, 0.05) is 11.4 Å². The van der Waals surface area contributed by atoms with Gasteiger partial charge in [-0.15, -0.1) is 23.1 Å². The molecule has 3 amide bonds. The van der Waals surface area contributed by atoms with Gasteiger partial charge in [0.2, 0.25) is 5.91 Å². The van der Waals surface area contributed by atoms with Crippen molar-refractivity contribution >= 4 is 40.7 Å². The highest BCUT2D eigenvalue weighted by Crippen LogP contribution is 2.27. The van der Waals surface area contributed by atoms with E-state index in [-0.39, 0.29) is 11.2 Å². The number of thiophene rings is 1. The molecule has 1 aromatic heterocycles. The molecule has 3 heterocycles. The van der Waals surface area contributed by atoms with Crippen LogP contribution in [0.25, 0.3) is 0 Å². The Morgan fingerprint density at radius 3 is 3.06 bits per heavy atom. The Bertz CT molecular complexity index is 548. The summed E-state index contributed by atoms with van der Waals surface area (Å²) in [5.74, 6) is -0.142. The van der Waals surface area contributed by atoms with Crippen molar-refractivity contribution < 1.29 is 9.59 Å².